The number of carboxylic acid groups (broad SMARTS) is 1. The number of carboxylic acids is 1. The molecule has 28 heavy (non-hydrogen) atoms. The third-order valence-corrected chi connectivity index (χ3v) is 6.72. The standard InChI is InChI=1S/C24H31NO2S/c1-3-18-9-5-6-11-21(18)22(24-19(4-2)13-16-28-24)12-8-15-25-14-7-10-20(25)17-23(26)27/h5-6,9,11-13,16,20H,3-4,7-8,10,14-15,17H2,1-2H3,(H,26,27)/t20-/m0/s1. The van der Waals surface area contributed by atoms with Crippen molar-refractivity contribution in [1.82, 2.24) is 4.90 Å². The second-order valence-electron chi connectivity index (χ2n) is 7.48. The van der Waals surface area contributed by atoms with E-state index in [0.29, 0.717) is 0 Å². The highest BCUT2D eigenvalue weighted by Crippen LogP contribution is 2.34. The Balaban J connectivity index is 1.84. The van der Waals surface area contributed by atoms with E-state index >= 15 is 0 Å². The van der Waals surface area contributed by atoms with Gasteiger partial charge in [0, 0.05) is 17.5 Å². The molecule has 0 radical (unpaired) electrons. The monoisotopic (exact) mass is 397 g/mol. The van der Waals surface area contributed by atoms with E-state index in [-0.39, 0.29) is 12.5 Å². The molecule has 3 nitrogen and oxygen atoms in total. The molecule has 1 aromatic heterocycles. The quantitative estimate of drug-likeness (QED) is 0.596. The van der Waals surface area contributed by atoms with Crippen LogP contribution in [0.2, 0.25) is 0 Å². The van der Waals surface area contributed by atoms with Crippen LogP contribution in [0.1, 0.15) is 61.1 Å². The molecule has 4 heteroatoms. The van der Waals surface area contributed by atoms with Crippen molar-refractivity contribution in [3.63, 3.8) is 0 Å². The van der Waals surface area contributed by atoms with E-state index in [9.17, 15) is 4.79 Å². The summed E-state index contributed by atoms with van der Waals surface area (Å²) < 4.78 is 0. The normalized spacial score (nSPS) is 17.9. The molecular weight excluding hydrogens is 366 g/mol. The molecule has 3 rings (SSSR count). The first kappa shape index (κ1) is 20.8. The number of likely N-dealkylation sites (tertiary alicyclic amines) is 1. The largest absolute Gasteiger partial charge is 0.481 e. The van der Waals surface area contributed by atoms with Crippen LogP contribution >= 0.6 is 11.3 Å². The second kappa shape index (κ2) is 10.0. The Bertz CT molecular complexity index is 824. The third-order valence-electron chi connectivity index (χ3n) is 5.73. The van der Waals surface area contributed by atoms with Gasteiger partial charge in [0.05, 0.1) is 6.42 Å². The van der Waals surface area contributed by atoms with Crippen molar-refractivity contribution in [3.8, 4) is 0 Å². The van der Waals surface area contributed by atoms with Crippen LogP contribution in [0.4, 0.5) is 0 Å². The molecule has 1 fully saturated rings. The van der Waals surface area contributed by atoms with E-state index in [1.807, 2.05) is 11.3 Å². The van der Waals surface area contributed by atoms with Crippen molar-refractivity contribution in [3.05, 3.63) is 63.4 Å². The number of nitrogens with zero attached hydrogens (tertiary/aromatic N) is 1. The average Bonchev–Trinajstić information content (AvgIpc) is 3.34. The minimum absolute atomic E-state index is 0.199. The maximum absolute atomic E-state index is 11.1. The zero-order valence-electron chi connectivity index (χ0n) is 17.0. The van der Waals surface area contributed by atoms with Gasteiger partial charge in [0.15, 0.2) is 0 Å². The molecule has 0 spiro atoms. The van der Waals surface area contributed by atoms with Crippen molar-refractivity contribution < 1.29 is 9.90 Å². The van der Waals surface area contributed by atoms with E-state index in [0.717, 1.165) is 45.2 Å². The smallest absolute Gasteiger partial charge is 0.304 e. The van der Waals surface area contributed by atoms with Crippen molar-refractivity contribution in [2.45, 2.75) is 58.4 Å². The van der Waals surface area contributed by atoms with Crippen LogP contribution in [0, 0.1) is 0 Å². The number of aryl methyl sites for hydroxylation is 2. The lowest BCUT2D eigenvalue weighted by Crippen LogP contribution is -2.32. The first-order valence-electron chi connectivity index (χ1n) is 10.4. The lowest BCUT2D eigenvalue weighted by molar-refractivity contribution is -0.138. The first-order valence-corrected chi connectivity index (χ1v) is 11.3. The maximum Gasteiger partial charge on any atom is 0.304 e. The van der Waals surface area contributed by atoms with Crippen LogP contribution in [0.3, 0.4) is 0 Å². The molecule has 1 aliphatic heterocycles. The molecule has 1 atom stereocenters. The number of hydrogen-bond donors (Lipinski definition) is 1. The van der Waals surface area contributed by atoms with Crippen LogP contribution in [0.15, 0.2) is 41.8 Å². The molecule has 150 valence electrons. The number of thiophene rings is 1. The molecule has 0 amide bonds. The molecule has 1 N–H and O–H groups in total. The van der Waals surface area contributed by atoms with Gasteiger partial charge in [-0.25, -0.2) is 0 Å². The third kappa shape index (κ3) is 4.92. The molecule has 1 aromatic carbocycles. The summed E-state index contributed by atoms with van der Waals surface area (Å²) in [6.07, 6.45) is 7.77. The summed E-state index contributed by atoms with van der Waals surface area (Å²) in [5.74, 6) is -0.684. The zero-order chi connectivity index (χ0) is 19.9. The van der Waals surface area contributed by atoms with E-state index in [1.165, 1.54) is 27.1 Å². The fourth-order valence-corrected chi connectivity index (χ4v) is 5.32. The minimum Gasteiger partial charge on any atom is -0.481 e. The number of benzene rings is 1. The van der Waals surface area contributed by atoms with Gasteiger partial charge in [-0.2, -0.15) is 0 Å². The Hall–Kier alpha value is -1.91. The fourth-order valence-electron chi connectivity index (χ4n) is 4.26. The van der Waals surface area contributed by atoms with Crippen molar-refractivity contribution in [1.29, 1.82) is 0 Å². The molecule has 1 aliphatic rings. The van der Waals surface area contributed by atoms with Gasteiger partial charge in [0.25, 0.3) is 0 Å². The fraction of sp³-hybridized carbons (Fsp3) is 0.458. The molecule has 1 saturated heterocycles. The van der Waals surface area contributed by atoms with Gasteiger partial charge >= 0.3 is 5.97 Å². The molecule has 0 bridgehead atoms. The molecule has 0 saturated carbocycles. The highest BCUT2D eigenvalue weighted by molar-refractivity contribution is 7.11. The van der Waals surface area contributed by atoms with Crippen molar-refractivity contribution in [2.24, 2.45) is 0 Å². The Morgan fingerprint density at radius 3 is 2.75 bits per heavy atom. The summed E-state index contributed by atoms with van der Waals surface area (Å²) in [6, 6.07) is 11.2. The Labute approximate surface area is 172 Å². The van der Waals surface area contributed by atoms with E-state index in [2.05, 4.69) is 60.5 Å². The summed E-state index contributed by atoms with van der Waals surface area (Å²) in [4.78, 5) is 14.9. The van der Waals surface area contributed by atoms with Gasteiger partial charge in [-0.3, -0.25) is 9.69 Å². The molecular formula is C24H31NO2S. The summed E-state index contributed by atoms with van der Waals surface area (Å²) in [5, 5.41) is 11.4. The minimum atomic E-state index is -0.684. The Morgan fingerprint density at radius 2 is 2.00 bits per heavy atom. The predicted octanol–water partition coefficient (Wildman–Crippen LogP) is 5.63. The molecule has 0 unspecified atom stereocenters. The Morgan fingerprint density at radius 1 is 1.21 bits per heavy atom. The Kier molecular flexibility index (Phi) is 7.46. The maximum atomic E-state index is 11.1. The van der Waals surface area contributed by atoms with Crippen LogP contribution in [0.5, 0.6) is 0 Å². The first-order chi connectivity index (χ1) is 13.6. The lowest BCUT2D eigenvalue weighted by Gasteiger charge is -2.22. The van der Waals surface area contributed by atoms with Gasteiger partial charge in [-0.15, -0.1) is 11.3 Å². The molecule has 2 aromatic rings. The molecule has 2 heterocycles. The topological polar surface area (TPSA) is 40.5 Å². The highest BCUT2D eigenvalue weighted by Gasteiger charge is 2.25. The van der Waals surface area contributed by atoms with Crippen LogP contribution in [0.25, 0.3) is 5.57 Å². The highest BCUT2D eigenvalue weighted by atomic mass is 32.1. The van der Waals surface area contributed by atoms with Crippen LogP contribution < -0.4 is 0 Å². The van der Waals surface area contributed by atoms with Crippen LogP contribution in [-0.4, -0.2) is 35.1 Å². The van der Waals surface area contributed by atoms with E-state index in [1.54, 1.807) is 0 Å². The number of hydrogen-bond acceptors (Lipinski definition) is 3. The van der Waals surface area contributed by atoms with Crippen molar-refractivity contribution >= 4 is 22.9 Å². The summed E-state index contributed by atoms with van der Waals surface area (Å²) in [7, 11) is 0. The predicted molar refractivity (Wildman–Crippen MR) is 118 cm³/mol. The van der Waals surface area contributed by atoms with E-state index in [4.69, 9.17) is 5.11 Å². The van der Waals surface area contributed by atoms with E-state index < -0.39 is 5.97 Å². The molecule has 0 aliphatic carbocycles. The summed E-state index contributed by atoms with van der Waals surface area (Å²) >= 11 is 1.83. The van der Waals surface area contributed by atoms with Gasteiger partial charge in [0.2, 0.25) is 0 Å². The number of aliphatic carboxylic acids is 1. The average molecular weight is 398 g/mol. The van der Waals surface area contributed by atoms with Gasteiger partial charge in [-0.1, -0.05) is 44.2 Å². The number of carbonyl (C=O) groups is 1. The lowest BCUT2D eigenvalue weighted by atomic mass is 9.94. The number of rotatable bonds is 9. The summed E-state index contributed by atoms with van der Waals surface area (Å²) in [6.45, 7) is 6.39. The van der Waals surface area contributed by atoms with Gasteiger partial charge in [-0.05, 0) is 72.4 Å². The SMILES string of the molecule is CCc1ccccc1C(=CCCN1CCC[C@H]1CC(=O)O)c1sccc1CC. The van der Waals surface area contributed by atoms with Gasteiger partial charge < -0.3 is 5.11 Å². The summed E-state index contributed by atoms with van der Waals surface area (Å²) in [5.41, 5.74) is 5.48. The second-order valence-corrected chi connectivity index (χ2v) is 8.39. The van der Waals surface area contributed by atoms with Crippen LogP contribution in [-0.2, 0) is 17.6 Å². The zero-order valence-corrected chi connectivity index (χ0v) is 17.8. The van der Waals surface area contributed by atoms with Gasteiger partial charge in [0.1, 0.15) is 0 Å². The van der Waals surface area contributed by atoms with Crippen molar-refractivity contribution in [2.75, 3.05) is 13.1 Å².